The van der Waals surface area contributed by atoms with E-state index in [2.05, 4.69) is 15.3 Å². The van der Waals surface area contributed by atoms with Crippen molar-refractivity contribution in [3.8, 4) is 6.07 Å². The highest BCUT2D eigenvalue weighted by atomic mass is 32.1. The number of rotatable bonds is 3. The van der Waals surface area contributed by atoms with Crippen LogP contribution >= 0.6 is 11.3 Å². The van der Waals surface area contributed by atoms with Crippen molar-refractivity contribution < 1.29 is 0 Å². The third kappa shape index (κ3) is 2.35. The number of aryl methyl sites for hydroxylation is 1. The van der Waals surface area contributed by atoms with Gasteiger partial charge in [0.2, 0.25) is 0 Å². The molecule has 0 aromatic carbocycles. The van der Waals surface area contributed by atoms with Gasteiger partial charge in [-0.15, -0.1) is 11.3 Å². The van der Waals surface area contributed by atoms with Crippen molar-refractivity contribution in [1.82, 2.24) is 9.97 Å². The summed E-state index contributed by atoms with van der Waals surface area (Å²) in [6.45, 7) is 2.71. The molecule has 0 unspecified atom stereocenters. The number of nitrogens with zero attached hydrogens (tertiary/aromatic N) is 3. The zero-order valence-electron chi connectivity index (χ0n) is 8.77. The summed E-state index contributed by atoms with van der Waals surface area (Å²) < 4.78 is 0. The van der Waals surface area contributed by atoms with E-state index < -0.39 is 0 Å². The Bertz CT molecular complexity index is 527. The molecule has 2 heterocycles. The summed E-state index contributed by atoms with van der Waals surface area (Å²) in [5.74, 6) is 0. The van der Waals surface area contributed by atoms with Crippen molar-refractivity contribution in [2.75, 3.05) is 5.32 Å². The average molecular weight is 230 g/mol. The first kappa shape index (κ1) is 10.6. The molecule has 0 fully saturated rings. The lowest BCUT2D eigenvalue weighted by atomic mass is 10.3. The highest BCUT2D eigenvalue weighted by molar-refractivity contribution is 7.09. The van der Waals surface area contributed by atoms with E-state index in [9.17, 15) is 0 Å². The maximum atomic E-state index is 8.71. The van der Waals surface area contributed by atoms with Crippen LogP contribution in [0.5, 0.6) is 0 Å². The van der Waals surface area contributed by atoms with Gasteiger partial charge in [-0.3, -0.25) is 0 Å². The monoisotopic (exact) mass is 230 g/mol. The van der Waals surface area contributed by atoms with Gasteiger partial charge in [0.15, 0.2) is 0 Å². The van der Waals surface area contributed by atoms with E-state index in [0.29, 0.717) is 5.69 Å². The number of anilines is 1. The largest absolute Gasteiger partial charge is 0.380 e. The van der Waals surface area contributed by atoms with Crippen LogP contribution in [0.2, 0.25) is 0 Å². The molecule has 0 aliphatic rings. The molecule has 0 saturated carbocycles. The fourth-order valence-electron chi connectivity index (χ4n) is 1.28. The summed E-state index contributed by atoms with van der Waals surface area (Å²) in [5, 5.41) is 12.0. The lowest BCUT2D eigenvalue weighted by Gasteiger charge is -2.04. The molecule has 16 heavy (non-hydrogen) atoms. The molecule has 0 atom stereocenters. The van der Waals surface area contributed by atoms with Crippen LogP contribution in [0.1, 0.15) is 16.3 Å². The molecule has 2 aromatic heterocycles. The van der Waals surface area contributed by atoms with E-state index in [1.165, 1.54) is 4.88 Å². The van der Waals surface area contributed by atoms with E-state index in [-0.39, 0.29) is 0 Å². The predicted molar refractivity (Wildman–Crippen MR) is 63.1 cm³/mol. The van der Waals surface area contributed by atoms with E-state index in [1.807, 2.05) is 24.6 Å². The first-order valence-electron chi connectivity index (χ1n) is 4.78. The highest BCUT2D eigenvalue weighted by Crippen LogP contribution is 2.15. The zero-order chi connectivity index (χ0) is 11.4. The third-order valence-electron chi connectivity index (χ3n) is 2.17. The van der Waals surface area contributed by atoms with Gasteiger partial charge in [0, 0.05) is 16.8 Å². The van der Waals surface area contributed by atoms with Crippen LogP contribution < -0.4 is 5.32 Å². The van der Waals surface area contributed by atoms with Gasteiger partial charge in [-0.2, -0.15) is 5.26 Å². The second-order valence-electron chi connectivity index (χ2n) is 3.26. The van der Waals surface area contributed by atoms with Crippen molar-refractivity contribution in [3.05, 3.63) is 40.1 Å². The standard InChI is InChI=1S/C11H10N4S/c1-8-11(16-7-15-8)6-14-9-2-3-13-10(4-9)5-12/h2-4,7H,6H2,1H3,(H,13,14). The van der Waals surface area contributed by atoms with Crippen molar-refractivity contribution >= 4 is 17.0 Å². The fraction of sp³-hybridized carbons (Fsp3) is 0.182. The molecule has 0 spiro atoms. The minimum Gasteiger partial charge on any atom is -0.380 e. The Morgan fingerprint density at radius 2 is 2.38 bits per heavy atom. The summed E-state index contributed by atoms with van der Waals surface area (Å²) in [6, 6.07) is 5.59. The first-order valence-corrected chi connectivity index (χ1v) is 5.66. The number of hydrogen-bond acceptors (Lipinski definition) is 5. The van der Waals surface area contributed by atoms with Crippen molar-refractivity contribution in [3.63, 3.8) is 0 Å². The molecule has 0 amide bonds. The number of thiazole rings is 1. The van der Waals surface area contributed by atoms with Crippen molar-refractivity contribution in [2.24, 2.45) is 0 Å². The van der Waals surface area contributed by atoms with Crippen LogP contribution in [0, 0.1) is 18.3 Å². The third-order valence-corrected chi connectivity index (χ3v) is 3.11. The minimum absolute atomic E-state index is 0.422. The van der Waals surface area contributed by atoms with Crippen LogP contribution in [0.4, 0.5) is 5.69 Å². The van der Waals surface area contributed by atoms with Gasteiger partial charge in [0.05, 0.1) is 17.7 Å². The summed E-state index contributed by atoms with van der Waals surface area (Å²) in [5.41, 5.74) is 4.21. The summed E-state index contributed by atoms with van der Waals surface area (Å²) in [4.78, 5) is 9.29. The molecule has 0 radical (unpaired) electrons. The van der Waals surface area contributed by atoms with E-state index >= 15 is 0 Å². The molecule has 80 valence electrons. The van der Waals surface area contributed by atoms with Crippen LogP contribution in [0.15, 0.2) is 23.8 Å². The minimum atomic E-state index is 0.422. The van der Waals surface area contributed by atoms with Crippen LogP contribution in [0.25, 0.3) is 0 Å². The van der Waals surface area contributed by atoms with Gasteiger partial charge >= 0.3 is 0 Å². The summed E-state index contributed by atoms with van der Waals surface area (Å²) in [6.07, 6.45) is 1.63. The SMILES string of the molecule is Cc1ncsc1CNc1ccnc(C#N)c1. The molecule has 2 aromatic rings. The molecule has 2 rings (SSSR count). The number of aromatic nitrogens is 2. The average Bonchev–Trinajstić information content (AvgIpc) is 2.72. The Hall–Kier alpha value is -1.93. The second-order valence-corrected chi connectivity index (χ2v) is 4.20. The Labute approximate surface area is 97.6 Å². The van der Waals surface area contributed by atoms with Crippen LogP contribution in [-0.4, -0.2) is 9.97 Å². The Morgan fingerprint density at radius 1 is 1.50 bits per heavy atom. The van der Waals surface area contributed by atoms with Crippen molar-refractivity contribution in [1.29, 1.82) is 5.26 Å². The summed E-state index contributed by atoms with van der Waals surface area (Å²) >= 11 is 1.62. The van der Waals surface area contributed by atoms with E-state index in [4.69, 9.17) is 5.26 Å². The normalized spacial score (nSPS) is 9.75. The van der Waals surface area contributed by atoms with Gasteiger partial charge in [-0.05, 0) is 19.1 Å². The second kappa shape index (κ2) is 4.73. The van der Waals surface area contributed by atoms with E-state index in [1.54, 1.807) is 23.6 Å². The topological polar surface area (TPSA) is 61.6 Å². The lowest BCUT2D eigenvalue weighted by Crippen LogP contribution is -1.99. The van der Waals surface area contributed by atoms with Gasteiger partial charge < -0.3 is 5.32 Å². The molecule has 0 aliphatic carbocycles. The van der Waals surface area contributed by atoms with Gasteiger partial charge in [-0.25, -0.2) is 9.97 Å². The maximum Gasteiger partial charge on any atom is 0.142 e. The molecular weight excluding hydrogens is 220 g/mol. The molecule has 0 aliphatic heterocycles. The number of pyridine rings is 1. The van der Waals surface area contributed by atoms with Gasteiger partial charge in [0.25, 0.3) is 0 Å². The molecule has 5 heteroatoms. The Morgan fingerprint density at radius 3 is 3.06 bits per heavy atom. The smallest absolute Gasteiger partial charge is 0.142 e. The highest BCUT2D eigenvalue weighted by Gasteiger charge is 2.01. The summed E-state index contributed by atoms with van der Waals surface area (Å²) in [7, 11) is 0. The number of nitrogens with one attached hydrogen (secondary N) is 1. The van der Waals surface area contributed by atoms with Crippen LogP contribution in [0.3, 0.4) is 0 Å². The van der Waals surface area contributed by atoms with Gasteiger partial charge in [-0.1, -0.05) is 0 Å². The molecule has 1 N–H and O–H groups in total. The number of nitriles is 1. The molecule has 0 bridgehead atoms. The quantitative estimate of drug-likeness (QED) is 0.879. The van der Waals surface area contributed by atoms with E-state index in [0.717, 1.165) is 17.9 Å². The maximum absolute atomic E-state index is 8.71. The van der Waals surface area contributed by atoms with Crippen LogP contribution in [-0.2, 0) is 6.54 Å². The fourth-order valence-corrected chi connectivity index (χ4v) is 2.00. The number of hydrogen-bond donors (Lipinski definition) is 1. The lowest BCUT2D eigenvalue weighted by molar-refractivity contribution is 1.11. The molecular formula is C11H10N4S. The molecule has 4 nitrogen and oxygen atoms in total. The predicted octanol–water partition coefficient (Wildman–Crippen LogP) is 2.33. The first-order chi connectivity index (χ1) is 7.79. The molecule has 0 saturated heterocycles. The van der Waals surface area contributed by atoms with Crippen molar-refractivity contribution in [2.45, 2.75) is 13.5 Å². The Kier molecular flexibility index (Phi) is 3.13. The zero-order valence-corrected chi connectivity index (χ0v) is 9.58. The Balaban J connectivity index is 2.05. The van der Waals surface area contributed by atoms with Gasteiger partial charge in [0.1, 0.15) is 11.8 Å².